The van der Waals surface area contributed by atoms with Crippen molar-refractivity contribution >= 4 is 11.8 Å². The number of hydrogen-bond donors (Lipinski definition) is 1. The molecular formula is C25H34N2O2. The van der Waals surface area contributed by atoms with Crippen molar-refractivity contribution in [3.05, 3.63) is 71.8 Å². The number of benzene rings is 2. The van der Waals surface area contributed by atoms with E-state index in [1.54, 1.807) is 0 Å². The van der Waals surface area contributed by atoms with Gasteiger partial charge in [-0.1, -0.05) is 86.8 Å². The van der Waals surface area contributed by atoms with Crippen LogP contribution in [0.4, 0.5) is 0 Å². The summed E-state index contributed by atoms with van der Waals surface area (Å²) >= 11 is 0. The third kappa shape index (κ3) is 8.10. The molecule has 4 heteroatoms. The van der Waals surface area contributed by atoms with Crippen molar-refractivity contribution in [3.63, 3.8) is 0 Å². The third-order valence-corrected chi connectivity index (χ3v) is 5.23. The number of amides is 2. The van der Waals surface area contributed by atoms with Gasteiger partial charge in [-0.15, -0.1) is 0 Å². The van der Waals surface area contributed by atoms with Crippen LogP contribution in [0.5, 0.6) is 0 Å². The Balaban J connectivity index is 1.93. The molecule has 29 heavy (non-hydrogen) atoms. The summed E-state index contributed by atoms with van der Waals surface area (Å²) in [6, 6.07) is 19.8. The molecule has 0 fully saturated rings. The molecular weight excluding hydrogens is 360 g/mol. The molecule has 1 unspecified atom stereocenters. The highest BCUT2D eigenvalue weighted by atomic mass is 16.2. The van der Waals surface area contributed by atoms with E-state index in [1.807, 2.05) is 72.5 Å². The van der Waals surface area contributed by atoms with Gasteiger partial charge in [0.15, 0.2) is 0 Å². The summed E-state index contributed by atoms with van der Waals surface area (Å²) in [4.78, 5) is 27.1. The van der Waals surface area contributed by atoms with Crippen molar-refractivity contribution in [3.8, 4) is 0 Å². The molecule has 0 spiro atoms. The third-order valence-electron chi connectivity index (χ3n) is 5.23. The minimum Gasteiger partial charge on any atom is -0.352 e. The molecule has 0 aliphatic rings. The summed E-state index contributed by atoms with van der Waals surface area (Å²) in [6.45, 7) is 5.16. The van der Waals surface area contributed by atoms with Crippen LogP contribution in [0, 0.1) is 0 Å². The summed E-state index contributed by atoms with van der Waals surface area (Å²) in [5, 5.41) is 2.95. The van der Waals surface area contributed by atoms with Gasteiger partial charge in [0.1, 0.15) is 0 Å². The van der Waals surface area contributed by atoms with Crippen molar-refractivity contribution < 1.29 is 9.59 Å². The lowest BCUT2D eigenvalue weighted by Crippen LogP contribution is -2.37. The molecule has 0 saturated heterocycles. The first-order valence-electron chi connectivity index (χ1n) is 10.8. The Morgan fingerprint density at radius 3 is 2.21 bits per heavy atom. The second kappa shape index (κ2) is 12.8. The first-order chi connectivity index (χ1) is 14.1. The first-order valence-corrected chi connectivity index (χ1v) is 10.8. The van der Waals surface area contributed by atoms with E-state index < -0.39 is 0 Å². The lowest BCUT2D eigenvalue weighted by molar-refractivity contribution is -0.134. The SMILES string of the molecule is CCCCCCC(=O)N(CCC(=O)NCc1ccccc1)C(C)c1ccccc1. The summed E-state index contributed by atoms with van der Waals surface area (Å²) < 4.78 is 0. The molecule has 156 valence electrons. The molecule has 0 aliphatic carbocycles. The van der Waals surface area contributed by atoms with E-state index >= 15 is 0 Å². The standard InChI is InChI=1S/C25H34N2O2/c1-3-4-5-12-17-25(29)27(21(2)23-15-10-7-11-16-23)19-18-24(28)26-20-22-13-8-6-9-14-22/h6-11,13-16,21H,3-5,12,17-20H2,1-2H3,(H,26,28). The van der Waals surface area contributed by atoms with Gasteiger partial charge in [-0.05, 0) is 24.5 Å². The van der Waals surface area contributed by atoms with Crippen LogP contribution in [0.1, 0.15) is 69.5 Å². The second-order valence-corrected chi connectivity index (χ2v) is 7.50. The lowest BCUT2D eigenvalue weighted by Gasteiger charge is -2.30. The van der Waals surface area contributed by atoms with Gasteiger partial charge in [0.05, 0.1) is 6.04 Å². The number of hydrogen-bond acceptors (Lipinski definition) is 2. The van der Waals surface area contributed by atoms with Gasteiger partial charge in [-0.2, -0.15) is 0 Å². The van der Waals surface area contributed by atoms with Crippen molar-refractivity contribution in [2.75, 3.05) is 6.54 Å². The number of nitrogens with zero attached hydrogens (tertiary/aromatic N) is 1. The molecule has 1 N–H and O–H groups in total. The molecule has 0 aliphatic heterocycles. The number of carbonyl (C=O) groups is 2. The maximum atomic E-state index is 12.9. The van der Waals surface area contributed by atoms with E-state index in [0.717, 1.165) is 36.8 Å². The van der Waals surface area contributed by atoms with Gasteiger partial charge in [0.2, 0.25) is 11.8 Å². The molecule has 0 radical (unpaired) electrons. The summed E-state index contributed by atoms with van der Waals surface area (Å²) in [6.07, 6.45) is 5.15. The molecule has 4 nitrogen and oxygen atoms in total. The van der Waals surface area contributed by atoms with Crippen LogP contribution >= 0.6 is 0 Å². The molecule has 0 bridgehead atoms. The predicted molar refractivity (Wildman–Crippen MR) is 118 cm³/mol. The Morgan fingerprint density at radius 2 is 1.55 bits per heavy atom. The molecule has 2 aromatic carbocycles. The normalized spacial score (nSPS) is 11.7. The molecule has 2 rings (SSSR count). The minimum absolute atomic E-state index is 0.0297. The largest absolute Gasteiger partial charge is 0.352 e. The highest BCUT2D eigenvalue weighted by molar-refractivity contribution is 5.79. The van der Waals surface area contributed by atoms with Crippen LogP contribution in [-0.2, 0) is 16.1 Å². The van der Waals surface area contributed by atoms with Gasteiger partial charge >= 0.3 is 0 Å². The average molecular weight is 395 g/mol. The van der Waals surface area contributed by atoms with Crippen molar-refractivity contribution in [2.24, 2.45) is 0 Å². The Hall–Kier alpha value is -2.62. The monoisotopic (exact) mass is 394 g/mol. The smallest absolute Gasteiger partial charge is 0.223 e. The highest BCUT2D eigenvalue weighted by Crippen LogP contribution is 2.22. The zero-order valence-electron chi connectivity index (χ0n) is 17.8. The minimum atomic E-state index is -0.0446. The van der Waals surface area contributed by atoms with Crippen LogP contribution in [0.2, 0.25) is 0 Å². The maximum Gasteiger partial charge on any atom is 0.223 e. The molecule has 2 amide bonds. The van der Waals surface area contributed by atoms with Gasteiger partial charge in [0, 0.05) is 25.9 Å². The van der Waals surface area contributed by atoms with E-state index in [-0.39, 0.29) is 17.9 Å². The fraction of sp³-hybridized carbons (Fsp3) is 0.440. The second-order valence-electron chi connectivity index (χ2n) is 7.50. The average Bonchev–Trinajstić information content (AvgIpc) is 2.76. The zero-order chi connectivity index (χ0) is 20.9. The predicted octanol–water partition coefficient (Wildman–Crippen LogP) is 5.25. The van der Waals surface area contributed by atoms with Crippen molar-refractivity contribution in [2.45, 2.75) is 65.0 Å². The summed E-state index contributed by atoms with van der Waals surface area (Å²) in [5.74, 6) is 0.103. The quantitative estimate of drug-likeness (QED) is 0.500. The maximum absolute atomic E-state index is 12.9. The zero-order valence-corrected chi connectivity index (χ0v) is 17.8. The fourth-order valence-electron chi connectivity index (χ4n) is 3.40. The number of rotatable bonds is 12. The molecule has 2 aromatic rings. The Labute approximate surface area is 175 Å². The Kier molecular flexibility index (Phi) is 9.98. The lowest BCUT2D eigenvalue weighted by atomic mass is 10.1. The van der Waals surface area contributed by atoms with Crippen molar-refractivity contribution in [1.29, 1.82) is 0 Å². The molecule has 0 aromatic heterocycles. The summed E-state index contributed by atoms with van der Waals surface area (Å²) in [5.41, 5.74) is 2.17. The van der Waals surface area contributed by atoms with Crippen LogP contribution in [0.3, 0.4) is 0 Å². The first kappa shape index (κ1) is 22.7. The van der Waals surface area contributed by atoms with E-state index in [2.05, 4.69) is 12.2 Å². The number of unbranched alkanes of at least 4 members (excludes halogenated alkanes) is 3. The van der Waals surface area contributed by atoms with E-state index in [9.17, 15) is 9.59 Å². The molecule has 1 atom stereocenters. The van der Waals surface area contributed by atoms with Gasteiger partial charge in [0.25, 0.3) is 0 Å². The molecule has 0 saturated carbocycles. The Bertz CT molecular complexity index is 731. The molecule has 0 heterocycles. The topological polar surface area (TPSA) is 49.4 Å². The fourth-order valence-corrected chi connectivity index (χ4v) is 3.40. The van der Waals surface area contributed by atoms with Gasteiger partial charge < -0.3 is 10.2 Å². The van der Waals surface area contributed by atoms with E-state index in [1.165, 1.54) is 0 Å². The van der Waals surface area contributed by atoms with Gasteiger partial charge in [-0.25, -0.2) is 0 Å². The van der Waals surface area contributed by atoms with Crippen LogP contribution in [0.15, 0.2) is 60.7 Å². The number of carbonyl (C=O) groups excluding carboxylic acids is 2. The van der Waals surface area contributed by atoms with Crippen LogP contribution < -0.4 is 5.32 Å². The van der Waals surface area contributed by atoms with E-state index in [4.69, 9.17) is 0 Å². The highest BCUT2D eigenvalue weighted by Gasteiger charge is 2.21. The Morgan fingerprint density at radius 1 is 0.897 bits per heavy atom. The number of nitrogens with one attached hydrogen (secondary N) is 1. The van der Waals surface area contributed by atoms with Gasteiger partial charge in [-0.3, -0.25) is 9.59 Å². The van der Waals surface area contributed by atoms with Crippen molar-refractivity contribution in [1.82, 2.24) is 10.2 Å². The summed E-state index contributed by atoms with van der Waals surface area (Å²) in [7, 11) is 0. The van der Waals surface area contributed by atoms with Crippen LogP contribution in [-0.4, -0.2) is 23.3 Å². The van der Waals surface area contributed by atoms with E-state index in [0.29, 0.717) is 25.9 Å². The van der Waals surface area contributed by atoms with Crippen LogP contribution in [0.25, 0.3) is 0 Å².